The van der Waals surface area contributed by atoms with Crippen molar-refractivity contribution in [3.63, 3.8) is 0 Å². The Bertz CT molecular complexity index is 350. The molecule has 0 amide bonds. The standard InChI is InChI=1S/C12H17F3N2O/c13-10-3-1-2-9(6-10)7-11(17-16)4-5-18-8-12(14)15/h1-3,6,11-12,17H,4-5,7-8,16H2. The third kappa shape index (κ3) is 6.00. The first kappa shape index (κ1) is 14.9. The van der Waals surface area contributed by atoms with E-state index in [-0.39, 0.29) is 18.5 Å². The molecule has 0 aliphatic rings. The van der Waals surface area contributed by atoms with Gasteiger partial charge in [-0.25, -0.2) is 13.2 Å². The molecule has 0 radical (unpaired) electrons. The van der Waals surface area contributed by atoms with Crippen LogP contribution < -0.4 is 11.3 Å². The molecule has 1 atom stereocenters. The van der Waals surface area contributed by atoms with E-state index in [9.17, 15) is 13.2 Å². The summed E-state index contributed by atoms with van der Waals surface area (Å²) in [6.07, 6.45) is -1.45. The Morgan fingerprint density at radius 3 is 2.72 bits per heavy atom. The third-order valence-electron chi connectivity index (χ3n) is 2.46. The summed E-state index contributed by atoms with van der Waals surface area (Å²) < 4.78 is 41.4. The molecule has 0 saturated carbocycles. The smallest absolute Gasteiger partial charge is 0.261 e. The highest BCUT2D eigenvalue weighted by Gasteiger charge is 2.09. The summed E-state index contributed by atoms with van der Waals surface area (Å²) in [4.78, 5) is 0. The summed E-state index contributed by atoms with van der Waals surface area (Å²) >= 11 is 0. The molecule has 0 bridgehead atoms. The molecular formula is C12H17F3N2O. The predicted octanol–water partition coefficient (Wildman–Crippen LogP) is 1.87. The lowest BCUT2D eigenvalue weighted by atomic mass is 10.0. The van der Waals surface area contributed by atoms with Crippen LogP contribution in [0.5, 0.6) is 0 Å². The van der Waals surface area contributed by atoms with E-state index < -0.39 is 13.0 Å². The lowest BCUT2D eigenvalue weighted by Crippen LogP contribution is -2.37. The quantitative estimate of drug-likeness (QED) is 0.427. The van der Waals surface area contributed by atoms with Gasteiger partial charge in [0.05, 0.1) is 0 Å². The zero-order chi connectivity index (χ0) is 13.4. The Labute approximate surface area is 104 Å². The lowest BCUT2D eigenvalue weighted by molar-refractivity contribution is 0.0144. The first-order valence-electron chi connectivity index (χ1n) is 5.68. The fraction of sp³-hybridized carbons (Fsp3) is 0.500. The van der Waals surface area contributed by atoms with E-state index in [2.05, 4.69) is 5.43 Å². The largest absolute Gasteiger partial charge is 0.375 e. The molecule has 0 spiro atoms. The average Bonchev–Trinajstić information content (AvgIpc) is 2.33. The summed E-state index contributed by atoms with van der Waals surface area (Å²) in [7, 11) is 0. The third-order valence-corrected chi connectivity index (χ3v) is 2.46. The monoisotopic (exact) mass is 262 g/mol. The van der Waals surface area contributed by atoms with E-state index in [1.54, 1.807) is 12.1 Å². The minimum Gasteiger partial charge on any atom is -0.375 e. The van der Waals surface area contributed by atoms with E-state index in [0.29, 0.717) is 12.8 Å². The molecule has 3 N–H and O–H groups in total. The van der Waals surface area contributed by atoms with Crippen LogP contribution in [-0.2, 0) is 11.2 Å². The maximum Gasteiger partial charge on any atom is 0.261 e. The number of hydrazine groups is 1. The molecule has 6 heteroatoms. The lowest BCUT2D eigenvalue weighted by Gasteiger charge is -2.16. The van der Waals surface area contributed by atoms with E-state index >= 15 is 0 Å². The van der Waals surface area contributed by atoms with Gasteiger partial charge in [-0.05, 0) is 30.5 Å². The molecule has 0 heterocycles. The molecule has 0 fully saturated rings. The Morgan fingerprint density at radius 1 is 1.33 bits per heavy atom. The molecule has 0 aliphatic heterocycles. The van der Waals surface area contributed by atoms with Gasteiger partial charge in [0.1, 0.15) is 12.4 Å². The summed E-state index contributed by atoms with van der Waals surface area (Å²) in [6, 6.07) is 6.05. The highest BCUT2D eigenvalue weighted by molar-refractivity contribution is 5.17. The molecule has 1 rings (SSSR count). The van der Waals surface area contributed by atoms with Crippen LogP contribution in [0.2, 0.25) is 0 Å². The van der Waals surface area contributed by atoms with Gasteiger partial charge in [0.15, 0.2) is 0 Å². The zero-order valence-corrected chi connectivity index (χ0v) is 9.91. The van der Waals surface area contributed by atoms with Gasteiger partial charge >= 0.3 is 0 Å². The van der Waals surface area contributed by atoms with Gasteiger partial charge in [0, 0.05) is 12.6 Å². The minimum atomic E-state index is -2.46. The van der Waals surface area contributed by atoms with Crippen molar-refractivity contribution in [3.8, 4) is 0 Å². The van der Waals surface area contributed by atoms with Gasteiger partial charge in [-0.1, -0.05) is 12.1 Å². The maximum absolute atomic E-state index is 13.0. The highest BCUT2D eigenvalue weighted by atomic mass is 19.3. The Balaban J connectivity index is 2.33. The van der Waals surface area contributed by atoms with E-state index in [1.807, 2.05) is 0 Å². The average molecular weight is 262 g/mol. The number of halogens is 3. The van der Waals surface area contributed by atoms with Crippen LogP contribution in [0.4, 0.5) is 13.2 Å². The number of nitrogens with two attached hydrogens (primary N) is 1. The SMILES string of the molecule is NNC(CCOCC(F)F)Cc1cccc(F)c1. The number of hydrogen-bond acceptors (Lipinski definition) is 3. The van der Waals surface area contributed by atoms with E-state index in [0.717, 1.165) is 5.56 Å². The van der Waals surface area contributed by atoms with Crippen LogP contribution in [0, 0.1) is 5.82 Å². The van der Waals surface area contributed by atoms with Gasteiger partial charge in [-0.3, -0.25) is 11.3 Å². The second kappa shape index (κ2) is 8.07. The number of alkyl halides is 2. The van der Waals surface area contributed by atoms with Gasteiger partial charge in [-0.15, -0.1) is 0 Å². The fourth-order valence-corrected chi connectivity index (χ4v) is 1.59. The van der Waals surface area contributed by atoms with Crippen molar-refractivity contribution in [1.29, 1.82) is 0 Å². The van der Waals surface area contributed by atoms with Crippen molar-refractivity contribution in [2.75, 3.05) is 13.2 Å². The zero-order valence-electron chi connectivity index (χ0n) is 9.91. The summed E-state index contributed by atoms with van der Waals surface area (Å²) in [5.41, 5.74) is 3.37. The van der Waals surface area contributed by atoms with Gasteiger partial charge < -0.3 is 4.74 Å². The first-order chi connectivity index (χ1) is 8.61. The van der Waals surface area contributed by atoms with Crippen molar-refractivity contribution in [2.45, 2.75) is 25.3 Å². The topological polar surface area (TPSA) is 47.3 Å². The number of hydrogen-bond donors (Lipinski definition) is 2. The summed E-state index contributed by atoms with van der Waals surface area (Å²) in [5, 5.41) is 0. The number of nitrogens with one attached hydrogen (secondary N) is 1. The van der Waals surface area contributed by atoms with Crippen LogP contribution >= 0.6 is 0 Å². The highest BCUT2D eigenvalue weighted by Crippen LogP contribution is 2.08. The second-order valence-corrected chi connectivity index (χ2v) is 3.95. The van der Waals surface area contributed by atoms with Crippen LogP contribution in [0.3, 0.4) is 0 Å². The molecular weight excluding hydrogens is 245 g/mol. The fourth-order valence-electron chi connectivity index (χ4n) is 1.59. The molecule has 1 unspecified atom stereocenters. The molecule has 1 aromatic carbocycles. The van der Waals surface area contributed by atoms with Gasteiger partial charge in [0.2, 0.25) is 0 Å². The second-order valence-electron chi connectivity index (χ2n) is 3.95. The Hall–Kier alpha value is -1.11. The van der Waals surface area contributed by atoms with Crippen LogP contribution in [0.1, 0.15) is 12.0 Å². The van der Waals surface area contributed by atoms with Crippen LogP contribution in [-0.4, -0.2) is 25.7 Å². The van der Waals surface area contributed by atoms with Crippen LogP contribution in [0.15, 0.2) is 24.3 Å². The van der Waals surface area contributed by atoms with Crippen LogP contribution in [0.25, 0.3) is 0 Å². The molecule has 0 saturated heterocycles. The molecule has 0 aliphatic carbocycles. The predicted molar refractivity (Wildman–Crippen MR) is 62.7 cm³/mol. The van der Waals surface area contributed by atoms with Crippen molar-refractivity contribution in [1.82, 2.24) is 5.43 Å². The number of ether oxygens (including phenoxy) is 1. The summed E-state index contributed by atoms with van der Waals surface area (Å²) in [5.74, 6) is 5.05. The van der Waals surface area contributed by atoms with Crippen molar-refractivity contribution >= 4 is 0 Å². The van der Waals surface area contributed by atoms with Gasteiger partial charge in [-0.2, -0.15) is 0 Å². The first-order valence-corrected chi connectivity index (χ1v) is 5.68. The minimum absolute atomic E-state index is 0.135. The maximum atomic E-state index is 13.0. The normalized spacial score (nSPS) is 12.9. The Kier molecular flexibility index (Phi) is 6.70. The molecule has 1 aromatic rings. The summed E-state index contributed by atoms with van der Waals surface area (Å²) in [6.45, 7) is -0.383. The van der Waals surface area contributed by atoms with Crippen molar-refractivity contribution < 1.29 is 17.9 Å². The van der Waals surface area contributed by atoms with E-state index in [4.69, 9.17) is 10.6 Å². The molecule has 102 valence electrons. The van der Waals surface area contributed by atoms with E-state index in [1.165, 1.54) is 12.1 Å². The molecule has 3 nitrogen and oxygen atoms in total. The molecule has 18 heavy (non-hydrogen) atoms. The Morgan fingerprint density at radius 2 is 2.11 bits per heavy atom. The molecule has 0 aromatic heterocycles. The number of rotatable bonds is 8. The van der Waals surface area contributed by atoms with Gasteiger partial charge in [0.25, 0.3) is 6.43 Å². The van der Waals surface area contributed by atoms with Crippen molar-refractivity contribution in [2.24, 2.45) is 5.84 Å². The van der Waals surface area contributed by atoms with Crippen molar-refractivity contribution in [3.05, 3.63) is 35.6 Å². The number of benzene rings is 1.